The number of hydrogen-bond acceptors (Lipinski definition) is 3. The summed E-state index contributed by atoms with van der Waals surface area (Å²) in [4.78, 5) is 16.2. The topological polar surface area (TPSA) is 59.8 Å². The molecule has 3 atom stereocenters. The molecule has 1 amide bonds. The molecule has 1 aromatic carbocycles. The van der Waals surface area contributed by atoms with Gasteiger partial charge in [0.1, 0.15) is 12.7 Å². The van der Waals surface area contributed by atoms with Crippen LogP contribution in [0.2, 0.25) is 0 Å². The second-order valence-electron chi connectivity index (χ2n) is 6.93. The molecule has 1 N–H and O–H groups in total. The molecule has 3 unspecified atom stereocenters. The van der Waals surface area contributed by atoms with Gasteiger partial charge in [0.2, 0.25) is 0 Å². The summed E-state index contributed by atoms with van der Waals surface area (Å²) in [6, 6.07) is 7.74. The van der Waals surface area contributed by atoms with E-state index < -0.39 is 0 Å². The minimum Gasteiger partial charge on any atom is -0.352 e. The average molecular weight is 310 g/mol. The molecule has 1 heterocycles. The first-order chi connectivity index (χ1) is 11.3. The highest BCUT2D eigenvalue weighted by atomic mass is 16.1. The van der Waals surface area contributed by atoms with Gasteiger partial charge in [-0.1, -0.05) is 18.6 Å². The number of rotatable bonds is 5. The molecule has 2 aromatic rings. The van der Waals surface area contributed by atoms with Gasteiger partial charge in [-0.25, -0.2) is 9.67 Å². The molecule has 2 aliphatic carbocycles. The standard InChI is InChI=1S/C18H22N4O/c23-18(20-9-17-8-14-3-6-16(17)7-14)15-4-1-13(2-5-15)10-22-12-19-11-21-22/h1-2,4-5,11-12,14,16-17H,3,6-10H2,(H,20,23). The van der Waals surface area contributed by atoms with E-state index in [2.05, 4.69) is 15.4 Å². The Bertz CT molecular complexity index is 665. The summed E-state index contributed by atoms with van der Waals surface area (Å²) in [5.41, 5.74) is 1.84. The van der Waals surface area contributed by atoms with Crippen LogP contribution in [0.3, 0.4) is 0 Å². The van der Waals surface area contributed by atoms with Crippen LogP contribution in [0.1, 0.15) is 41.6 Å². The Morgan fingerprint density at radius 3 is 2.74 bits per heavy atom. The van der Waals surface area contributed by atoms with Crippen LogP contribution in [0.15, 0.2) is 36.9 Å². The summed E-state index contributed by atoms with van der Waals surface area (Å²) in [5.74, 6) is 2.52. The normalized spacial score (nSPS) is 25.7. The van der Waals surface area contributed by atoms with Gasteiger partial charge < -0.3 is 5.32 Å². The molecular formula is C18H22N4O. The Hall–Kier alpha value is -2.17. The number of aromatic nitrogens is 3. The van der Waals surface area contributed by atoms with Gasteiger partial charge in [-0.2, -0.15) is 5.10 Å². The Balaban J connectivity index is 1.31. The molecule has 0 spiro atoms. The summed E-state index contributed by atoms with van der Waals surface area (Å²) >= 11 is 0. The van der Waals surface area contributed by atoms with Crippen LogP contribution in [0.25, 0.3) is 0 Å². The molecule has 23 heavy (non-hydrogen) atoms. The molecule has 120 valence electrons. The van der Waals surface area contributed by atoms with E-state index in [1.807, 2.05) is 24.3 Å². The number of benzene rings is 1. The first-order valence-corrected chi connectivity index (χ1v) is 8.47. The molecule has 5 heteroatoms. The summed E-state index contributed by atoms with van der Waals surface area (Å²) in [5, 5.41) is 7.21. The van der Waals surface area contributed by atoms with Crippen molar-refractivity contribution in [3.8, 4) is 0 Å². The Morgan fingerprint density at radius 2 is 2.09 bits per heavy atom. The lowest BCUT2D eigenvalue weighted by molar-refractivity contribution is 0.0942. The second-order valence-corrected chi connectivity index (χ2v) is 6.93. The van der Waals surface area contributed by atoms with Gasteiger partial charge in [0.15, 0.2) is 0 Å². The predicted molar refractivity (Wildman–Crippen MR) is 86.8 cm³/mol. The van der Waals surface area contributed by atoms with E-state index in [0.717, 1.165) is 29.5 Å². The van der Waals surface area contributed by atoms with E-state index in [1.165, 1.54) is 32.0 Å². The number of amides is 1. The highest BCUT2D eigenvalue weighted by Crippen LogP contribution is 2.47. The van der Waals surface area contributed by atoms with Crippen molar-refractivity contribution in [3.63, 3.8) is 0 Å². The zero-order valence-electron chi connectivity index (χ0n) is 13.2. The lowest BCUT2D eigenvalue weighted by Crippen LogP contribution is -2.31. The van der Waals surface area contributed by atoms with Crippen LogP contribution in [-0.2, 0) is 6.54 Å². The zero-order chi connectivity index (χ0) is 15.6. The third-order valence-corrected chi connectivity index (χ3v) is 5.44. The van der Waals surface area contributed by atoms with E-state index in [0.29, 0.717) is 12.5 Å². The Labute approximate surface area is 136 Å². The third kappa shape index (κ3) is 3.14. The Morgan fingerprint density at radius 1 is 1.22 bits per heavy atom. The van der Waals surface area contributed by atoms with Crippen molar-refractivity contribution in [3.05, 3.63) is 48.0 Å². The molecule has 0 radical (unpaired) electrons. The van der Waals surface area contributed by atoms with Crippen molar-refractivity contribution in [2.45, 2.75) is 32.2 Å². The van der Waals surface area contributed by atoms with Crippen molar-refractivity contribution >= 4 is 5.91 Å². The molecule has 0 aliphatic heterocycles. The lowest BCUT2D eigenvalue weighted by atomic mass is 9.89. The number of nitrogens with zero attached hydrogens (tertiary/aromatic N) is 3. The van der Waals surface area contributed by atoms with Crippen molar-refractivity contribution in [1.82, 2.24) is 20.1 Å². The number of fused-ring (bicyclic) bond motifs is 2. The fourth-order valence-corrected chi connectivity index (χ4v) is 4.22. The largest absolute Gasteiger partial charge is 0.352 e. The van der Waals surface area contributed by atoms with Crippen LogP contribution in [-0.4, -0.2) is 27.2 Å². The summed E-state index contributed by atoms with van der Waals surface area (Å²) in [6.07, 6.45) is 8.68. The Kier molecular flexibility index (Phi) is 3.85. The van der Waals surface area contributed by atoms with Crippen LogP contribution >= 0.6 is 0 Å². The molecular weight excluding hydrogens is 288 g/mol. The van der Waals surface area contributed by atoms with Crippen molar-refractivity contribution in [2.75, 3.05) is 6.54 Å². The van der Waals surface area contributed by atoms with E-state index in [-0.39, 0.29) is 5.91 Å². The maximum atomic E-state index is 12.3. The first-order valence-electron chi connectivity index (χ1n) is 8.47. The summed E-state index contributed by atoms with van der Waals surface area (Å²) in [6.45, 7) is 1.51. The molecule has 5 nitrogen and oxygen atoms in total. The summed E-state index contributed by atoms with van der Waals surface area (Å²) < 4.78 is 1.77. The van der Waals surface area contributed by atoms with Gasteiger partial charge in [-0.05, 0) is 54.7 Å². The van der Waals surface area contributed by atoms with Gasteiger partial charge in [-0.3, -0.25) is 4.79 Å². The van der Waals surface area contributed by atoms with Gasteiger partial charge in [0.25, 0.3) is 5.91 Å². The number of carbonyl (C=O) groups excluding carboxylic acids is 1. The lowest BCUT2D eigenvalue weighted by Gasteiger charge is -2.21. The maximum absolute atomic E-state index is 12.3. The maximum Gasteiger partial charge on any atom is 0.251 e. The molecule has 4 rings (SSSR count). The van der Waals surface area contributed by atoms with Gasteiger partial charge in [0, 0.05) is 12.1 Å². The van der Waals surface area contributed by atoms with Crippen LogP contribution in [0, 0.1) is 17.8 Å². The highest BCUT2D eigenvalue weighted by molar-refractivity contribution is 5.94. The molecule has 2 saturated carbocycles. The minimum absolute atomic E-state index is 0.0417. The summed E-state index contributed by atoms with van der Waals surface area (Å²) in [7, 11) is 0. The predicted octanol–water partition coefficient (Wildman–Crippen LogP) is 2.49. The van der Waals surface area contributed by atoms with Crippen molar-refractivity contribution < 1.29 is 4.79 Å². The third-order valence-electron chi connectivity index (χ3n) is 5.44. The quantitative estimate of drug-likeness (QED) is 0.923. The number of carbonyl (C=O) groups is 1. The van der Waals surface area contributed by atoms with Crippen molar-refractivity contribution in [2.24, 2.45) is 17.8 Å². The fraction of sp³-hybridized carbons (Fsp3) is 0.500. The van der Waals surface area contributed by atoms with Gasteiger partial charge in [0.05, 0.1) is 6.54 Å². The molecule has 2 bridgehead atoms. The molecule has 2 aliphatic rings. The SMILES string of the molecule is O=C(NCC1CC2CCC1C2)c1ccc(Cn2cncn2)cc1. The van der Waals surface area contributed by atoms with Crippen LogP contribution in [0.5, 0.6) is 0 Å². The number of nitrogens with one attached hydrogen (secondary N) is 1. The molecule has 0 saturated heterocycles. The van der Waals surface area contributed by atoms with E-state index >= 15 is 0 Å². The smallest absolute Gasteiger partial charge is 0.251 e. The molecule has 2 fully saturated rings. The zero-order valence-corrected chi connectivity index (χ0v) is 13.2. The molecule has 1 aromatic heterocycles. The van der Waals surface area contributed by atoms with Crippen molar-refractivity contribution in [1.29, 1.82) is 0 Å². The van der Waals surface area contributed by atoms with Gasteiger partial charge >= 0.3 is 0 Å². The number of hydrogen-bond donors (Lipinski definition) is 1. The van der Waals surface area contributed by atoms with Crippen LogP contribution < -0.4 is 5.32 Å². The minimum atomic E-state index is 0.0417. The highest BCUT2D eigenvalue weighted by Gasteiger charge is 2.39. The van der Waals surface area contributed by atoms with Gasteiger partial charge in [-0.15, -0.1) is 0 Å². The first kappa shape index (κ1) is 14.4. The van der Waals surface area contributed by atoms with E-state index in [9.17, 15) is 4.79 Å². The average Bonchev–Trinajstić information content (AvgIpc) is 3.31. The monoisotopic (exact) mass is 310 g/mol. The van der Waals surface area contributed by atoms with E-state index in [1.54, 1.807) is 11.0 Å². The second kappa shape index (κ2) is 6.14. The van der Waals surface area contributed by atoms with E-state index in [4.69, 9.17) is 0 Å². The van der Waals surface area contributed by atoms with Crippen LogP contribution in [0.4, 0.5) is 0 Å². The fourth-order valence-electron chi connectivity index (χ4n) is 4.22.